The van der Waals surface area contributed by atoms with E-state index in [0.29, 0.717) is 16.5 Å². The van der Waals surface area contributed by atoms with Crippen LogP contribution >= 0.6 is 0 Å². The van der Waals surface area contributed by atoms with E-state index in [2.05, 4.69) is 0 Å². The number of phenolic OH excluding ortho intramolecular Hbond substituents is 1. The van der Waals surface area contributed by atoms with E-state index in [9.17, 15) is 27.9 Å². The Balaban J connectivity index is 2.09. The highest BCUT2D eigenvalue weighted by Crippen LogP contribution is 2.41. The van der Waals surface area contributed by atoms with Crippen LogP contribution in [-0.2, 0) is 26.0 Å². The van der Waals surface area contributed by atoms with Gasteiger partial charge in [-0.25, -0.2) is 9.69 Å². The fourth-order valence-electron chi connectivity index (χ4n) is 3.51. The molecule has 11 heteroatoms. The highest BCUT2D eigenvalue weighted by molar-refractivity contribution is 6.23. The van der Waals surface area contributed by atoms with Gasteiger partial charge >= 0.3 is 12.2 Å². The first-order valence-electron chi connectivity index (χ1n) is 9.69. The molecule has 1 fully saturated rings. The first-order valence-corrected chi connectivity index (χ1v) is 9.69. The zero-order valence-electron chi connectivity index (χ0n) is 17.7. The predicted molar refractivity (Wildman–Crippen MR) is 109 cm³/mol. The summed E-state index contributed by atoms with van der Waals surface area (Å²) in [6.45, 7) is 1.42. The summed E-state index contributed by atoms with van der Waals surface area (Å²) in [6, 6.07) is 8.71. The summed E-state index contributed by atoms with van der Waals surface area (Å²) in [7, 11) is 1.46. The van der Waals surface area contributed by atoms with Crippen molar-refractivity contribution in [2.24, 2.45) is 0 Å². The molecule has 2 aromatic carbocycles. The van der Waals surface area contributed by atoms with Crippen LogP contribution in [0.3, 0.4) is 0 Å². The molecule has 0 saturated carbocycles. The molecule has 33 heavy (non-hydrogen) atoms. The van der Waals surface area contributed by atoms with Gasteiger partial charge in [0, 0.05) is 7.11 Å². The largest absolute Gasteiger partial charge is 0.508 e. The minimum Gasteiger partial charge on any atom is -0.508 e. The molecule has 174 valence electrons. The monoisotopic (exact) mass is 463 g/mol. The van der Waals surface area contributed by atoms with Gasteiger partial charge in [0.05, 0.1) is 36.1 Å². The molecule has 3 rings (SSSR count). The van der Waals surface area contributed by atoms with Gasteiger partial charge in [-0.15, -0.1) is 0 Å². The van der Waals surface area contributed by atoms with Crippen molar-refractivity contribution in [3.05, 3.63) is 59.2 Å². The summed E-state index contributed by atoms with van der Waals surface area (Å²) in [6.07, 6.45) is -4.86. The van der Waals surface area contributed by atoms with E-state index < -0.39 is 34.8 Å². The number of alkyl halides is 3. The summed E-state index contributed by atoms with van der Waals surface area (Å²) >= 11 is 0. The Morgan fingerprint density at radius 3 is 2.36 bits per heavy atom. The average Bonchev–Trinajstić information content (AvgIpc) is 2.97. The van der Waals surface area contributed by atoms with Crippen LogP contribution in [0.25, 0.3) is 0 Å². The third-order valence-electron chi connectivity index (χ3n) is 5.35. The fourth-order valence-corrected chi connectivity index (χ4v) is 3.51. The van der Waals surface area contributed by atoms with E-state index in [4.69, 9.17) is 14.7 Å². The van der Waals surface area contributed by atoms with E-state index in [1.807, 2.05) is 0 Å². The Bertz CT molecular complexity index is 1100. The molecule has 0 bridgehead atoms. The summed E-state index contributed by atoms with van der Waals surface area (Å²) in [5, 5.41) is 18.6. The Kier molecular flexibility index (Phi) is 6.62. The van der Waals surface area contributed by atoms with Crippen LogP contribution in [0.1, 0.15) is 23.6 Å². The zero-order chi connectivity index (χ0) is 24.4. The van der Waals surface area contributed by atoms with Gasteiger partial charge < -0.3 is 14.6 Å². The molecule has 1 atom stereocenters. The van der Waals surface area contributed by atoms with Gasteiger partial charge in [-0.05, 0) is 42.8 Å². The number of urea groups is 1. The fraction of sp³-hybridized carbons (Fsp3) is 0.318. The maximum Gasteiger partial charge on any atom is 0.417 e. The van der Waals surface area contributed by atoms with Gasteiger partial charge in [0.1, 0.15) is 18.0 Å². The van der Waals surface area contributed by atoms with Crippen LogP contribution in [0.4, 0.5) is 23.7 Å². The lowest BCUT2D eigenvalue weighted by Gasteiger charge is -2.31. The van der Waals surface area contributed by atoms with Crippen molar-refractivity contribution in [2.75, 3.05) is 32.0 Å². The average molecular weight is 463 g/mol. The molecule has 2 aromatic rings. The minimum atomic E-state index is -4.86. The number of benzene rings is 2. The number of nitriles is 1. The molecule has 1 saturated heterocycles. The lowest BCUT2D eigenvalue weighted by atomic mass is 9.90. The van der Waals surface area contributed by atoms with Gasteiger partial charge in [0.2, 0.25) is 0 Å². The topological polar surface area (TPSA) is 103 Å². The first kappa shape index (κ1) is 24.0. The molecular weight excluding hydrogens is 443 g/mol. The molecule has 0 aromatic heterocycles. The van der Waals surface area contributed by atoms with Crippen molar-refractivity contribution in [1.82, 2.24) is 4.90 Å². The van der Waals surface area contributed by atoms with E-state index in [-0.39, 0.29) is 31.4 Å². The Morgan fingerprint density at radius 1 is 1.12 bits per heavy atom. The number of rotatable bonds is 7. The molecule has 1 aliphatic heterocycles. The molecule has 8 nitrogen and oxygen atoms in total. The van der Waals surface area contributed by atoms with Gasteiger partial charge in [-0.3, -0.25) is 9.69 Å². The highest BCUT2D eigenvalue weighted by atomic mass is 19.4. The third kappa shape index (κ3) is 4.35. The van der Waals surface area contributed by atoms with Crippen molar-refractivity contribution < 1.29 is 37.3 Å². The van der Waals surface area contributed by atoms with Crippen LogP contribution in [0.15, 0.2) is 42.5 Å². The second-order valence-corrected chi connectivity index (χ2v) is 7.34. The van der Waals surface area contributed by atoms with Crippen LogP contribution in [0.5, 0.6) is 5.75 Å². The molecule has 0 aliphatic carbocycles. The van der Waals surface area contributed by atoms with Gasteiger partial charge in [-0.2, -0.15) is 18.4 Å². The number of ether oxygens (including phenoxy) is 2. The molecule has 3 amide bonds. The molecule has 1 N–H and O–H groups in total. The third-order valence-corrected chi connectivity index (χ3v) is 5.35. The van der Waals surface area contributed by atoms with Crippen LogP contribution in [-0.4, -0.2) is 49.0 Å². The molecule has 0 spiro atoms. The number of hydrogen-bond donors (Lipinski definition) is 1. The second kappa shape index (κ2) is 9.09. The van der Waals surface area contributed by atoms with Crippen molar-refractivity contribution in [3.63, 3.8) is 0 Å². The number of carbonyl (C=O) groups excluding carboxylic acids is 2. The summed E-state index contributed by atoms with van der Waals surface area (Å²) in [4.78, 5) is 28.5. The van der Waals surface area contributed by atoms with Crippen LogP contribution in [0.2, 0.25) is 0 Å². The first-order chi connectivity index (χ1) is 15.6. The Labute approximate surface area is 187 Å². The van der Waals surface area contributed by atoms with E-state index in [1.165, 1.54) is 44.4 Å². The molecule has 1 aliphatic rings. The van der Waals surface area contributed by atoms with Crippen molar-refractivity contribution in [1.29, 1.82) is 5.26 Å². The van der Waals surface area contributed by atoms with Crippen molar-refractivity contribution >= 4 is 17.6 Å². The number of amides is 3. The SMILES string of the molecule is COCCOCN1C(=O)N(c2ccc(C#N)c(C(F)(F)F)c2)C(=O)C1(C)c1ccc(O)cc1. The number of nitrogens with zero attached hydrogens (tertiary/aromatic N) is 3. The molecular formula is C22H20F3N3O5. The van der Waals surface area contributed by atoms with Crippen molar-refractivity contribution in [3.8, 4) is 11.8 Å². The van der Waals surface area contributed by atoms with Gasteiger partial charge in [0.15, 0.2) is 0 Å². The Morgan fingerprint density at radius 2 is 1.79 bits per heavy atom. The maximum absolute atomic E-state index is 13.5. The molecule has 1 heterocycles. The number of hydrogen-bond acceptors (Lipinski definition) is 6. The Hall–Kier alpha value is -3.62. The van der Waals surface area contributed by atoms with E-state index in [1.54, 1.807) is 0 Å². The lowest BCUT2D eigenvalue weighted by molar-refractivity contribution is -0.137. The maximum atomic E-state index is 13.5. The predicted octanol–water partition coefficient (Wildman–Crippen LogP) is 3.59. The number of imide groups is 1. The normalized spacial score (nSPS) is 18.7. The second-order valence-electron chi connectivity index (χ2n) is 7.34. The van der Waals surface area contributed by atoms with Gasteiger partial charge in [-0.1, -0.05) is 12.1 Å². The van der Waals surface area contributed by atoms with Crippen LogP contribution < -0.4 is 4.90 Å². The van der Waals surface area contributed by atoms with Crippen LogP contribution in [0, 0.1) is 11.3 Å². The van der Waals surface area contributed by atoms with E-state index in [0.717, 1.165) is 17.0 Å². The number of aromatic hydroxyl groups is 1. The number of carbonyl (C=O) groups is 2. The smallest absolute Gasteiger partial charge is 0.417 e. The highest BCUT2D eigenvalue weighted by Gasteiger charge is 2.56. The number of halogens is 3. The number of phenols is 1. The van der Waals surface area contributed by atoms with Crippen molar-refractivity contribution in [2.45, 2.75) is 18.6 Å². The number of anilines is 1. The lowest BCUT2D eigenvalue weighted by Crippen LogP contribution is -2.45. The summed E-state index contributed by atoms with van der Waals surface area (Å²) in [5.41, 5.74) is -3.54. The summed E-state index contributed by atoms with van der Waals surface area (Å²) < 4.78 is 50.7. The number of methoxy groups -OCH3 is 1. The minimum absolute atomic E-state index is 0.0687. The van der Waals surface area contributed by atoms with Gasteiger partial charge in [0.25, 0.3) is 5.91 Å². The molecule has 1 unspecified atom stereocenters. The summed E-state index contributed by atoms with van der Waals surface area (Å²) in [5.74, 6) is -0.882. The zero-order valence-corrected chi connectivity index (χ0v) is 17.7. The molecule has 0 radical (unpaired) electrons. The standard InChI is InChI=1S/C22H20F3N3O5/c1-21(15-4-7-17(29)8-5-15)19(30)28(20(31)27(21)13-33-10-9-32-2)16-6-3-14(12-26)18(11-16)22(23,24)25/h3-8,11,29H,9-10,13H2,1-2H3. The quantitative estimate of drug-likeness (QED) is 0.497. The van der Waals surface area contributed by atoms with E-state index >= 15 is 0 Å².